The molecule has 2 aliphatic rings. The quantitative estimate of drug-likeness (QED) is 0.665. The molecule has 7 nitrogen and oxygen atoms in total. The predicted molar refractivity (Wildman–Crippen MR) is 133 cm³/mol. The van der Waals surface area contributed by atoms with Crippen LogP contribution in [0.15, 0.2) is 36.4 Å². The zero-order valence-corrected chi connectivity index (χ0v) is 19.4. The number of aromatic nitrogens is 2. The maximum absolute atomic E-state index is 5.47. The van der Waals surface area contributed by atoms with Gasteiger partial charge in [-0.2, -0.15) is 9.97 Å². The van der Waals surface area contributed by atoms with Crippen LogP contribution in [0.4, 0.5) is 23.3 Å². The van der Waals surface area contributed by atoms with Crippen molar-refractivity contribution in [3.05, 3.63) is 36.4 Å². The lowest BCUT2D eigenvalue weighted by Gasteiger charge is -2.37. The molecule has 31 heavy (non-hydrogen) atoms. The van der Waals surface area contributed by atoms with Crippen molar-refractivity contribution in [2.75, 3.05) is 65.8 Å². The van der Waals surface area contributed by atoms with Crippen LogP contribution in [0, 0.1) is 5.92 Å². The smallest absolute Gasteiger partial charge is 0.232 e. The molecule has 4 rings (SSSR count). The van der Waals surface area contributed by atoms with Gasteiger partial charge in [-0.25, -0.2) is 0 Å². The third-order valence-corrected chi connectivity index (χ3v) is 6.00. The van der Waals surface area contributed by atoms with E-state index in [2.05, 4.69) is 75.6 Å². The van der Waals surface area contributed by atoms with E-state index < -0.39 is 0 Å². The van der Waals surface area contributed by atoms with E-state index in [0.29, 0.717) is 17.0 Å². The van der Waals surface area contributed by atoms with Crippen molar-refractivity contribution >= 4 is 40.6 Å². The molecular formula is C23H33N7S. The molecule has 0 aliphatic carbocycles. The first-order valence-electron chi connectivity index (χ1n) is 11.3. The number of anilines is 4. The van der Waals surface area contributed by atoms with E-state index in [1.807, 2.05) is 0 Å². The topological polar surface area (TPSA) is 59.6 Å². The molecule has 2 N–H and O–H groups in total. The van der Waals surface area contributed by atoms with Crippen molar-refractivity contribution in [2.24, 2.45) is 5.92 Å². The molecule has 2 aliphatic heterocycles. The summed E-state index contributed by atoms with van der Waals surface area (Å²) in [6.45, 7) is 11.1. The Balaban J connectivity index is 1.48. The average Bonchev–Trinajstić information content (AvgIpc) is 3.33. The molecule has 1 aromatic carbocycles. The minimum atomic E-state index is 0.521. The lowest BCUT2D eigenvalue weighted by molar-refractivity contribution is 0.627. The Morgan fingerprint density at radius 1 is 0.903 bits per heavy atom. The Morgan fingerprint density at radius 3 is 2.10 bits per heavy atom. The third-order valence-electron chi connectivity index (χ3n) is 5.75. The molecule has 8 heteroatoms. The highest BCUT2D eigenvalue weighted by Crippen LogP contribution is 2.26. The second-order valence-electron chi connectivity index (χ2n) is 8.64. The molecule has 2 fully saturated rings. The van der Waals surface area contributed by atoms with Gasteiger partial charge >= 0.3 is 0 Å². The summed E-state index contributed by atoms with van der Waals surface area (Å²) >= 11 is 5.47. The minimum Gasteiger partial charge on any atom is -0.368 e. The van der Waals surface area contributed by atoms with Crippen LogP contribution in [-0.4, -0.2) is 60.9 Å². The number of hydrogen-bond acceptors (Lipinski definition) is 6. The van der Waals surface area contributed by atoms with E-state index in [1.165, 1.54) is 18.5 Å². The van der Waals surface area contributed by atoms with Gasteiger partial charge in [0.05, 0.1) is 0 Å². The summed E-state index contributed by atoms with van der Waals surface area (Å²) in [5.74, 6) is 3.06. The van der Waals surface area contributed by atoms with Crippen molar-refractivity contribution in [2.45, 2.75) is 26.7 Å². The highest BCUT2D eigenvalue weighted by molar-refractivity contribution is 7.80. The van der Waals surface area contributed by atoms with Crippen LogP contribution in [0.25, 0.3) is 0 Å². The first-order chi connectivity index (χ1) is 15.1. The Bertz CT molecular complexity index is 859. The number of thiocarbonyl (C=S) groups is 1. The standard InChI is InChI=1S/C23H33N7S/c1-18(2)17-24-23(31)27-22-25-20(29-10-6-7-11-29)16-21(26-22)30-14-12-28(13-15-30)19-8-4-3-5-9-19/h3-5,8-9,16,18H,6-7,10-15,17H2,1-2H3,(H2,24,25,26,27,31). The van der Waals surface area contributed by atoms with Crippen LogP contribution >= 0.6 is 12.2 Å². The molecule has 0 radical (unpaired) electrons. The molecule has 0 unspecified atom stereocenters. The van der Waals surface area contributed by atoms with E-state index in [0.717, 1.165) is 57.4 Å². The van der Waals surface area contributed by atoms with Crippen molar-refractivity contribution in [1.29, 1.82) is 0 Å². The fourth-order valence-electron chi connectivity index (χ4n) is 4.02. The monoisotopic (exact) mass is 439 g/mol. The Hall–Kier alpha value is -2.61. The van der Waals surface area contributed by atoms with Crippen LogP contribution in [0.5, 0.6) is 0 Å². The first kappa shape index (κ1) is 21.6. The summed E-state index contributed by atoms with van der Waals surface area (Å²) in [5, 5.41) is 7.03. The van der Waals surface area contributed by atoms with Gasteiger partial charge in [-0.15, -0.1) is 0 Å². The number of rotatable bonds is 6. The van der Waals surface area contributed by atoms with E-state index in [4.69, 9.17) is 22.2 Å². The molecule has 0 amide bonds. The van der Waals surface area contributed by atoms with Gasteiger partial charge < -0.3 is 25.3 Å². The van der Waals surface area contributed by atoms with Gasteiger partial charge in [-0.1, -0.05) is 32.0 Å². The maximum atomic E-state index is 5.47. The fraction of sp³-hybridized carbons (Fsp3) is 0.522. The molecule has 0 saturated carbocycles. The molecule has 0 spiro atoms. The lowest BCUT2D eigenvalue weighted by Crippen LogP contribution is -2.47. The average molecular weight is 440 g/mol. The van der Waals surface area contributed by atoms with E-state index in [-0.39, 0.29) is 0 Å². The summed E-state index contributed by atoms with van der Waals surface area (Å²) in [6, 6.07) is 12.8. The molecule has 1 aromatic heterocycles. The van der Waals surface area contributed by atoms with Crippen LogP contribution in [-0.2, 0) is 0 Å². The Labute approximate surface area is 190 Å². The number of hydrogen-bond donors (Lipinski definition) is 2. The molecule has 166 valence electrons. The summed E-state index contributed by atoms with van der Waals surface area (Å²) in [4.78, 5) is 16.7. The first-order valence-corrected chi connectivity index (χ1v) is 11.7. The van der Waals surface area contributed by atoms with Gasteiger partial charge in [0, 0.05) is 57.6 Å². The summed E-state index contributed by atoms with van der Waals surface area (Å²) in [6.07, 6.45) is 2.43. The summed E-state index contributed by atoms with van der Waals surface area (Å²) < 4.78 is 0. The number of nitrogens with one attached hydrogen (secondary N) is 2. The van der Waals surface area contributed by atoms with E-state index in [9.17, 15) is 0 Å². The van der Waals surface area contributed by atoms with Crippen LogP contribution in [0.2, 0.25) is 0 Å². The SMILES string of the molecule is CC(C)CNC(=S)Nc1nc(N2CCCC2)cc(N2CCN(c3ccccc3)CC2)n1. The maximum Gasteiger partial charge on any atom is 0.232 e. The second-order valence-corrected chi connectivity index (χ2v) is 9.05. The molecular weight excluding hydrogens is 406 g/mol. The van der Waals surface area contributed by atoms with Crippen molar-refractivity contribution in [3.63, 3.8) is 0 Å². The van der Waals surface area contributed by atoms with Crippen LogP contribution in [0.1, 0.15) is 26.7 Å². The molecule has 2 aromatic rings. The molecule has 3 heterocycles. The number of nitrogens with zero attached hydrogens (tertiary/aromatic N) is 5. The molecule has 0 bridgehead atoms. The van der Waals surface area contributed by atoms with E-state index in [1.54, 1.807) is 0 Å². The summed E-state index contributed by atoms with van der Waals surface area (Å²) in [5.41, 5.74) is 1.28. The normalized spacial score (nSPS) is 16.7. The van der Waals surface area contributed by atoms with Gasteiger partial charge in [0.25, 0.3) is 0 Å². The largest absolute Gasteiger partial charge is 0.368 e. The number of benzene rings is 1. The van der Waals surface area contributed by atoms with Gasteiger partial charge in [0.1, 0.15) is 11.6 Å². The fourth-order valence-corrected chi connectivity index (χ4v) is 4.20. The highest BCUT2D eigenvalue weighted by Gasteiger charge is 2.22. The van der Waals surface area contributed by atoms with Gasteiger partial charge in [0.2, 0.25) is 5.95 Å². The Morgan fingerprint density at radius 2 is 1.48 bits per heavy atom. The predicted octanol–water partition coefficient (Wildman–Crippen LogP) is 3.35. The van der Waals surface area contributed by atoms with Gasteiger partial charge in [-0.05, 0) is 43.1 Å². The van der Waals surface area contributed by atoms with Crippen LogP contribution in [0.3, 0.4) is 0 Å². The van der Waals surface area contributed by atoms with Crippen molar-refractivity contribution < 1.29 is 0 Å². The van der Waals surface area contributed by atoms with E-state index >= 15 is 0 Å². The Kier molecular flexibility index (Phi) is 7.06. The molecule has 2 saturated heterocycles. The third kappa shape index (κ3) is 5.76. The number of piperazine rings is 1. The zero-order chi connectivity index (χ0) is 21.6. The van der Waals surface area contributed by atoms with Crippen molar-refractivity contribution in [1.82, 2.24) is 15.3 Å². The van der Waals surface area contributed by atoms with Gasteiger partial charge in [-0.3, -0.25) is 0 Å². The molecule has 0 atom stereocenters. The van der Waals surface area contributed by atoms with Crippen molar-refractivity contribution in [3.8, 4) is 0 Å². The second kappa shape index (κ2) is 10.1. The summed E-state index contributed by atoms with van der Waals surface area (Å²) in [7, 11) is 0. The highest BCUT2D eigenvalue weighted by atomic mass is 32.1. The van der Waals surface area contributed by atoms with Gasteiger partial charge in [0.15, 0.2) is 5.11 Å². The lowest BCUT2D eigenvalue weighted by atomic mass is 10.2. The minimum absolute atomic E-state index is 0.521. The zero-order valence-electron chi connectivity index (χ0n) is 18.5. The number of para-hydroxylation sites is 1. The van der Waals surface area contributed by atoms with Crippen LogP contribution < -0.4 is 25.3 Å².